The van der Waals surface area contributed by atoms with Gasteiger partial charge in [-0.25, -0.2) is 0 Å². The van der Waals surface area contributed by atoms with E-state index < -0.39 is 0 Å². The van der Waals surface area contributed by atoms with Crippen LogP contribution in [0.25, 0.3) is 0 Å². The first kappa shape index (κ1) is 17.3. The lowest BCUT2D eigenvalue weighted by Crippen LogP contribution is -2.42. The number of carbonyl (C=O) groups is 1. The van der Waals surface area contributed by atoms with Crippen molar-refractivity contribution in [3.05, 3.63) is 57.8 Å². The first-order valence-corrected chi connectivity index (χ1v) is 9.44. The maximum atomic E-state index is 11.4. The average molecular weight is 343 g/mol. The number of benzene rings is 1. The Labute approximate surface area is 147 Å². The molecule has 2 heterocycles. The molecule has 1 aliphatic heterocycles. The molecular formula is C20H25NO2S. The second kappa shape index (κ2) is 7.60. The molecule has 0 amide bonds. The Morgan fingerprint density at radius 3 is 2.50 bits per heavy atom. The molecule has 3 nitrogen and oxygen atoms in total. The number of nitrogens with zero attached hydrogens (tertiary/aromatic N) is 1. The molecule has 1 N–H and O–H groups in total. The van der Waals surface area contributed by atoms with Crippen LogP contribution in [0.5, 0.6) is 0 Å². The van der Waals surface area contributed by atoms with Crippen LogP contribution in [0.15, 0.2) is 41.8 Å². The van der Waals surface area contributed by atoms with Crippen molar-refractivity contribution >= 4 is 17.1 Å². The van der Waals surface area contributed by atoms with Gasteiger partial charge in [0.15, 0.2) is 5.78 Å². The fourth-order valence-electron chi connectivity index (χ4n) is 3.51. The zero-order valence-electron chi connectivity index (χ0n) is 14.2. The van der Waals surface area contributed by atoms with E-state index in [-0.39, 0.29) is 17.8 Å². The number of hydrogen-bond donors (Lipinski definition) is 1. The minimum atomic E-state index is 0.0110. The molecular weight excluding hydrogens is 318 g/mol. The molecule has 24 heavy (non-hydrogen) atoms. The van der Waals surface area contributed by atoms with E-state index in [0.29, 0.717) is 0 Å². The van der Waals surface area contributed by atoms with Gasteiger partial charge in [-0.2, -0.15) is 0 Å². The van der Waals surface area contributed by atoms with Crippen molar-refractivity contribution in [1.82, 2.24) is 4.90 Å². The van der Waals surface area contributed by atoms with Gasteiger partial charge in [0, 0.05) is 13.2 Å². The van der Waals surface area contributed by atoms with E-state index in [4.69, 9.17) is 0 Å². The van der Waals surface area contributed by atoms with E-state index >= 15 is 0 Å². The molecule has 0 aliphatic carbocycles. The Morgan fingerprint density at radius 2 is 1.92 bits per heavy atom. The fourth-order valence-corrected chi connectivity index (χ4v) is 4.31. The monoisotopic (exact) mass is 343 g/mol. The second-order valence-corrected chi connectivity index (χ2v) is 7.88. The molecule has 1 aromatic heterocycles. The molecule has 0 spiro atoms. The Hall–Kier alpha value is -1.49. The predicted molar refractivity (Wildman–Crippen MR) is 98.5 cm³/mol. The van der Waals surface area contributed by atoms with E-state index in [1.807, 2.05) is 12.1 Å². The van der Waals surface area contributed by atoms with Gasteiger partial charge in [0.2, 0.25) is 0 Å². The molecule has 0 saturated carbocycles. The topological polar surface area (TPSA) is 40.5 Å². The summed E-state index contributed by atoms with van der Waals surface area (Å²) in [6.07, 6.45) is 2.98. The SMILES string of the molecule is CC(=O)c1cc(CN2CCC(CO)(Cc3ccccc3)CC2)cs1. The van der Waals surface area contributed by atoms with Gasteiger partial charge in [0.25, 0.3) is 0 Å². The Balaban J connectivity index is 1.58. The van der Waals surface area contributed by atoms with Gasteiger partial charge in [-0.1, -0.05) is 30.3 Å². The molecule has 0 bridgehead atoms. The first-order valence-electron chi connectivity index (χ1n) is 8.56. The Kier molecular flexibility index (Phi) is 5.49. The molecule has 4 heteroatoms. The van der Waals surface area contributed by atoms with Crippen LogP contribution in [0.3, 0.4) is 0 Å². The molecule has 1 saturated heterocycles. The van der Waals surface area contributed by atoms with Gasteiger partial charge in [0.05, 0.1) is 4.88 Å². The van der Waals surface area contributed by atoms with Gasteiger partial charge in [-0.3, -0.25) is 9.69 Å². The van der Waals surface area contributed by atoms with Crippen molar-refractivity contribution in [2.24, 2.45) is 5.41 Å². The van der Waals surface area contributed by atoms with Crippen molar-refractivity contribution in [3.63, 3.8) is 0 Å². The normalized spacial score (nSPS) is 17.8. The summed E-state index contributed by atoms with van der Waals surface area (Å²) < 4.78 is 0. The number of ketones is 1. The molecule has 0 unspecified atom stereocenters. The summed E-state index contributed by atoms with van der Waals surface area (Å²) in [6.45, 7) is 4.77. The largest absolute Gasteiger partial charge is 0.396 e. The number of hydrogen-bond acceptors (Lipinski definition) is 4. The Bertz CT molecular complexity index is 672. The Morgan fingerprint density at radius 1 is 1.21 bits per heavy atom. The van der Waals surface area contributed by atoms with Crippen molar-refractivity contribution in [3.8, 4) is 0 Å². The highest BCUT2D eigenvalue weighted by Crippen LogP contribution is 2.35. The van der Waals surface area contributed by atoms with Gasteiger partial charge in [0.1, 0.15) is 0 Å². The van der Waals surface area contributed by atoms with Crippen LogP contribution in [0.4, 0.5) is 0 Å². The number of aliphatic hydroxyl groups excluding tert-OH is 1. The van der Waals surface area contributed by atoms with Crippen LogP contribution in [-0.4, -0.2) is 35.5 Å². The zero-order chi connectivity index (χ0) is 17.0. The number of piperidine rings is 1. The van der Waals surface area contributed by atoms with Crippen molar-refractivity contribution in [2.45, 2.75) is 32.7 Å². The number of thiophene rings is 1. The van der Waals surface area contributed by atoms with E-state index in [1.165, 1.54) is 22.5 Å². The van der Waals surface area contributed by atoms with E-state index in [9.17, 15) is 9.90 Å². The molecule has 1 fully saturated rings. The molecule has 3 rings (SSSR count). The minimum absolute atomic E-state index is 0.0110. The average Bonchev–Trinajstić information content (AvgIpc) is 3.07. The highest BCUT2D eigenvalue weighted by atomic mass is 32.1. The maximum absolute atomic E-state index is 11.4. The second-order valence-electron chi connectivity index (χ2n) is 6.97. The fraction of sp³-hybridized carbons (Fsp3) is 0.450. The maximum Gasteiger partial charge on any atom is 0.169 e. The van der Waals surface area contributed by atoms with Gasteiger partial charge in [-0.05, 0) is 67.3 Å². The summed E-state index contributed by atoms with van der Waals surface area (Å²) in [7, 11) is 0. The summed E-state index contributed by atoms with van der Waals surface area (Å²) in [5, 5.41) is 12.1. The number of aliphatic hydroxyl groups is 1. The minimum Gasteiger partial charge on any atom is -0.396 e. The van der Waals surface area contributed by atoms with Crippen molar-refractivity contribution in [2.75, 3.05) is 19.7 Å². The zero-order valence-corrected chi connectivity index (χ0v) is 15.0. The van der Waals surface area contributed by atoms with Gasteiger partial charge in [-0.15, -0.1) is 11.3 Å². The lowest BCUT2D eigenvalue weighted by Gasteiger charge is -2.41. The molecule has 1 aliphatic rings. The first-order chi connectivity index (χ1) is 11.6. The summed E-state index contributed by atoms with van der Waals surface area (Å²) in [5.41, 5.74) is 2.55. The molecule has 2 aromatic rings. The lowest BCUT2D eigenvalue weighted by molar-refractivity contribution is 0.0414. The summed E-state index contributed by atoms with van der Waals surface area (Å²) in [5.74, 6) is 0.145. The van der Waals surface area contributed by atoms with Gasteiger partial charge >= 0.3 is 0 Å². The lowest BCUT2D eigenvalue weighted by atomic mass is 9.74. The third-order valence-corrected chi connectivity index (χ3v) is 6.16. The van der Waals surface area contributed by atoms with Crippen LogP contribution in [0.1, 0.15) is 40.6 Å². The number of Topliss-reactive ketones (excluding diaryl/α,β-unsaturated/α-hetero) is 1. The van der Waals surface area contributed by atoms with Crippen LogP contribution in [-0.2, 0) is 13.0 Å². The third-order valence-electron chi connectivity index (χ3n) is 5.08. The highest BCUT2D eigenvalue weighted by Gasteiger charge is 2.34. The number of likely N-dealkylation sites (tertiary alicyclic amines) is 1. The molecule has 0 radical (unpaired) electrons. The molecule has 128 valence electrons. The molecule has 0 atom stereocenters. The summed E-state index contributed by atoms with van der Waals surface area (Å²) in [4.78, 5) is 14.7. The number of carbonyl (C=O) groups excluding carboxylic acids is 1. The van der Waals surface area contributed by atoms with Crippen LogP contribution >= 0.6 is 11.3 Å². The predicted octanol–water partition coefficient (Wildman–Crippen LogP) is 3.77. The summed E-state index contributed by atoms with van der Waals surface area (Å²) >= 11 is 1.54. The smallest absolute Gasteiger partial charge is 0.169 e. The van der Waals surface area contributed by atoms with E-state index in [0.717, 1.165) is 43.8 Å². The van der Waals surface area contributed by atoms with Crippen LogP contribution < -0.4 is 0 Å². The highest BCUT2D eigenvalue weighted by molar-refractivity contribution is 7.12. The van der Waals surface area contributed by atoms with Crippen LogP contribution in [0.2, 0.25) is 0 Å². The van der Waals surface area contributed by atoms with E-state index in [2.05, 4.69) is 34.5 Å². The van der Waals surface area contributed by atoms with Crippen LogP contribution in [0, 0.1) is 5.41 Å². The van der Waals surface area contributed by atoms with Gasteiger partial charge < -0.3 is 5.11 Å². The van der Waals surface area contributed by atoms with Crippen molar-refractivity contribution < 1.29 is 9.90 Å². The quantitative estimate of drug-likeness (QED) is 0.812. The third kappa shape index (κ3) is 4.12. The standard InChI is InChI=1S/C20H25NO2S/c1-16(23)19-11-18(14-24-19)13-21-9-7-20(15-22,8-10-21)12-17-5-3-2-4-6-17/h2-6,11,14,22H,7-10,12-13,15H2,1H3. The number of rotatable bonds is 6. The van der Waals surface area contributed by atoms with Crippen molar-refractivity contribution in [1.29, 1.82) is 0 Å². The molecule has 1 aromatic carbocycles. The van der Waals surface area contributed by atoms with E-state index in [1.54, 1.807) is 6.92 Å². The summed E-state index contributed by atoms with van der Waals surface area (Å²) in [6, 6.07) is 12.5.